The maximum atomic E-state index is 11.5. The smallest absolute Gasteiger partial charge is 0.335 e. The highest BCUT2D eigenvalue weighted by atomic mass is 32.2. The Morgan fingerprint density at radius 2 is 1.77 bits per heavy atom. The van der Waals surface area contributed by atoms with Crippen LogP contribution in [0.4, 0.5) is 11.4 Å². The van der Waals surface area contributed by atoms with E-state index in [2.05, 4.69) is 46.3 Å². The molecule has 5 rings (SSSR count). The van der Waals surface area contributed by atoms with Gasteiger partial charge in [0.05, 0.1) is 16.9 Å². The van der Waals surface area contributed by atoms with E-state index in [0.717, 1.165) is 50.9 Å². The average Bonchev–Trinajstić information content (AvgIpc) is 3.20. The molecule has 0 atom stereocenters. The number of nitrogens with zero attached hydrogens (tertiary/aromatic N) is 1. The highest BCUT2D eigenvalue weighted by molar-refractivity contribution is 7.99. The summed E-state index contributed by atoms with van der Waals surface area (Å²) in [5, 5.41) is 10.6. The van der Waals surface area contributed by atoms with Crippen LogP contribution >= 0.6 is 11.8 Å². The molecule has 2 heterocycles. The third kappa shape index (κ3) is 3.24. The van der Waals surface area contributed by atoms with Crippen LogP contribution in [-0.4, -0.2) is 29.1 Å². The number of hydrogen-bond acceptors (Lipinski definition) is 4. The molecule has 6 heteroatoms. The number of nitrogens with one attached hydrogen (secondary N) is 1. The molecule has 30 heavy (non-hydrogen) atoms. The molecule has 0 amide bonds. The second-order valence-corrected chi connectivity index (χ2v) is 8.42. The second kappa shape index (κ2) is 7.55. The molecule has 0 aliphatic carbocycles. The lowest BCUT2D eigenvalue weighted by molar-refractivity contribution is 0.0696. The highest BCUT2D eigenvalue weighted by Gasteiger charge is 2.24. The van der Waals surface area contributed by atoms with Crippen molar-refractivity contribution in [1.29, 1.82) is 0 Å². The van der Waals surface area contributed by atoms with Crippen LogP contribution in [0.15, 0.2) is 76.5 Å². The van der Waals surface area contributed by atoms with Crippen LogP contribution < -0.4 is 10.6 Å². The van der Waals surface area contributed by atoms with Crippen LogP contribution in [0, 0.1) is 0 Å². The molecule has 5 nitrogen and oxygen atoms in total. The van der Waals surface area contributed by atoms with E-state index in [1.54, 1.807) is 23.9 Å². The van der Waals surface area contributed by atoms with E-state index in [0.29, 0.717) is 12.1 Å². The first-order valence-corrected chi connectivity index (χ1v) is 10.7. The van der Waals surface area contributed by atoms with Gasteiger partial charge < -0.3 is 20.7 Å². The standard InChI is InChI=1S/C24H21N3O2S/c25-10-3-11-27-20-8-6-16(19-12-15-4-1-2-5-18(15)26-19)13-22(20)30-23-14-17(24(28)29)7-9-21(23)27/h1-2,4-9,12-14,26H,3,10-11,25H2,(H,28,29). The molecule has 4 N–H and O–H groups in total. The van der Waals surface area contributed by atoms with Crippen molar-refractivity contribution in [2.75, 3.05) is 18.0 Å². The summed E-state index contributed by atoms with van der Waals surface area (Å²) in [5.41, 5.74) is 11.5. The number of aromatic amines is 1. The van der Waals surface area contributed by atoms with E-state index >= 15 is 0 Å². The number of rotatable bonds is 5. The summed E-state index contributed by atoms with van der Waals surface area (Å²) in [7, 11) is 0. The van der Waals surface area contributed by atoms with Gasteiger partial charge in [0, 0.05) is 32.9 Å². The number of nitrogens with two attached hydrogens (primary N) is 1. The van der Waals surface area contributed by atoms with Gasteiger partial charge in [0.2, 0.25) is 0 Å². The molecule has 0 radical (unpaired) electrons. The van der Waals surface area contributed by atoms with Crippen molar-refractivity contribution in [3.63, 3.8) is 0 Å². The largest absolute Gasteiger partial charge is 0.478 e. The monoisotopic (exact) mass is 415 g/mol. The predicted octanol–water partition coefficient (Wildman–Crippen LogP) is 5.48. The predicted molar refractivity (Wildman–Crippen MR) is 122 cm³/mol. The van der Waals surface area contributed by atoms with Crippen molar-refractivity contribution in [3.05, 3.63) is 72.3 Å². The van der Waals surface area contributed by atoms with Gasteiger partial charge in [-0.2, -0.15) is 0 Å². The van der Waals surface area contributed by atoms with Gasteiger partial charge in [-0.25, -0.2) is 4.79 Å². The van der Waals surface area contributed by atoms with Crippen molar-refractivity contribution in [2.45, 2.75) is 16.2 Å². The Hall–Kier alpha value is -3.22. The zero-order valence-electron chi connectivity index (χ0n) is 16.3. The van der Waals surface area contributed by atoms with E-state index in [1.165, 1.54) is 5.39 Å². The number of H-pyrrole nitrogens is 1. The molecule has 150 valence electrons. The van der Waals surface area contributed by atoms with Crippen molar-refractivity contribution in [2.24, 2.45) is 5.73 Å². The van der Waals surface area contributed by atoms with Crippen molar-refractivity contribution in [3.8, 4) is 11.3 Å². The molecular weight excluding hydrogens is 394 g/mol. The third-order valence-corrected chi connectivity index (χ3v) is 6.49. The number of carboxylic acid groups (broad SMARTS) is 1. The quantitative estimate of drug-likeness (QED) is 0.402. The lowest BCUT2D eigenvalue weighted by atomic mass is 10.1. The highest BCUT2D eigenvalue weighted by Crippen LogP contribution is 2.49. The van der Waals surface area contributed by atoms with Gasteiger partial charge in [0.25, 0.3) is 0 Å². The zero-order chi connectivity index (χ0) is 20.7. The fourth-order valence-corrected chi connectivity index (χ4v) is 5.08. The van der Waals surface area contributed by atoms with Gasteiger partial charge in [-0.1, -0.05) is 36.0 Å². The number of carbonyl (C=O) groups is 1. The maximum absolute atomic E-state index is 11.5. The Balaban J connectivity index is 1.59. The molecule has 1 aliphatic rings. The number of anilines is 2. The summed E-state index contributed by atoms with van der Waals surface area (Å²) < 4.78 is 0. The normalized spacial score (nSPS) is 12.6. The number of hydrogen-bond donors (Lipinski definition) is 3. The van der Waals surface area contributed by atoms with Crippen LogP contribution in [0.3, 0.4) is 0 Å². The first-order chi connectivity index (χ1) is 14.6. The average molecular weight is 416 g/mol. The molecule has 4 aromatic rings. The number of benzene rings is 3. The van der Waals surface area contributed by atoms with Crippen LogP contribution in [0.2, 0.25) is 0 Å². The summed E-state index contributed by atoms with van der Waals surface area (Å²) in [6, 6.07) is 22.2. The molecule has 3 aromatic carbocycles. The Morgan fingerprint density at radius 1 is 1.00 bits per heavy atom. The molecular formula is C24H21N3O2S. The van der Waals surface area contributed by atoms with Crippen molar-refractivity contribution in [1.82, 2.24) is 4.98 Å². The topological polar surface area (TPSA) is 82.3 Å². The summed E-state index contributed by atoms with van der Waals surface area (Å²) >= 11 is 1.62. The van der Waals surface area contributed by atoms with E-state index in [1.807, 2.05) is 18.2 Å². The first-order valence-electron chi connectivity index (χ1n) is 9.89. The summed E-state index contributed by atoms with van der Waals surface area (Å²) in [5.74, 6) is -0.912. The Kier molecular flexibility index (Phi) is 4.73. The zero-order valence-corrected chi connectivity index (χ0v) is 17.1. The maximum Gasteiger partial charge on any atom is 0.335 e. The van der Waals surface area contributed by atoms with Crippen LogP contribution in [-0.2, 0) is 0 Å². The van der Waals surface area contributed by atoms with Crippen molar-refractivity contribution >= 4 is 40.0 Å². The van der Waals surface area contributed by atoms with Gasteiger partial charge in [0.15, 0.2) is 0 Å². The Labute approximate surface area is 178 Å². The van der Waals surface area contributed by atoms with E-state index in [-0.39, 0.29) is 0 Å². The Bertz CT molecular complexity index is 1230. The van der Waals surface area contributed by atoms with Gasteiger partial charge in [-0.3, -0.25) is 0 Å². The third-order valence-electron chi connectivity index (χ3n) is 5.39. The van der Waals surface area contributed by atoms with Gasteiger partial charge >= 0.3 is 5.97 Å². The molecule has 1 aliphatic heterocycles. The van der Waals surface area contributed by atoms with Crippen LogP contribution in [0.1, 0.15) is 16.8 Å². The first kappa shape index (κ1) is 18.8. The number of para-hydroxylation sites is 1. The van der Waals surface area contributed by atoms with Crippen LogP contribution in [0.25, 0.3) is 22.2 Å². The van der Waals surface area contributed by atoms with Crippen LogP contribution in [0.5, 0.6) is 0 Å². The molecule has 0 spiro atoms. The minimum Gasteiger partial charge on any atom is -0.478 e. The lowest BCUT2D eigenvalue weighted by Crippen LogP contribution is -2.24. The molecule has 0 saturated carbocycles. The number of aromatic carboxylic acids is 1. The number of fused-ring (bicyclic) bond motifs is 3. The molecule has 0 unspecified atom stereocenters. The van der Waals surface area contributed by atoms with E-state index in [4.69, 9.17) is 5.73 Å². The molecule has 0 saturated heterocycles. The lowest BCUT2D eigenvalue weighted by Gasteiger charge is -2.33. The minimum absolute atomic E-state index is 0.301. The summed E-state index contributed by atoms with van der Waals surface area (Å²) in [4.78, 5) is 19.3. The second-order valence-electron chi connectivity index (χ2n) is 7.34. The fraction of sp³-hybridized carbons (Fsp3) is 0.125. The molecule has 1 aromatic heterocycles. The number of carboxylic acids is 1. The fourth-order valence-electron chi connectivity index (χ4n) is 3.91. The summed E-state index contributed by atoms with van der Waals surface area (Å²) in [6.45, 7) is 1.39. The minimum atomic E-state index is -0.912. The van der Waals surface area contributed by atoms with Gasteiger partial charge in [-0.15, -0.1) is 0 Å². The van der Waals surface area contributed by atoms with Gasteiger partial charge in [-0.05, 0) is 61.0 Å². The van der Waals surface area contributed by atoms with Gasteiger partial charge in [0.1, 0.15) is 0 Å². The SMILES string of the molecule is NCCCN1c2ccc(C(=O)O)cc2Sc2cc(-c3cc4ccccc4[nH]3)ccc21. The number of aromatic nitrogens is 1. The Morgan fingerprint density at radius 3 is 2.53 bits per heavy atom. The molecule has 0 fully saturated rings. The summed E-state index contributed by atoms with van der Waals surface area (Å²) in [6.07, 6.45) is 0.855. The van der Waals surface area contributed by atoms with E-state index in [9.17, 15) is 9.90 Å². The molecule has 0 bridgehead atoms. The van der Waals surface area contributed by atoms with E-state index < -0.39 is 5.97 Å². The van der Waals surface area contributed by atoms with Crippen molar-refractivity contribution < 1.29 is 9.90 Å².